The Morgan fingerprint density at radius 3 is 2.95 bits per heavy atom. The molecule has 0 aliphatic heterocycles. The number of phenols is 2. The number of hydrogen-bond acceptors (Lipinski definition) is 5. The fourth-order valence-electron chi connectivity index (χ4n) is 3.10. The third kappa shape index (κ3) is 2.86. The Labute approximate surface area is 123 Å². The lowest BCUT2D eigenvalue weighted by molar-refractivity contribution is 0.300. The quantitative estimate of drug-likeness (QED) is 0.839. The number of phenolic OH excluding ortho intramolecular Hbond substituents is 2. The second kappa shape index (κ2) is 5.76. The van der Waals surface area contributed by atoms with Crippen LogP contribution in [0, 0.1) is 5.92 Å². The zero-order valence-corrected chi connectivity index (χ0v) is 12.1. The van der Waals surface area contributed by atoms with Gasteiger partial charge in [-0.2, -0.15) is 4.98 Å². The van der Waals surface area contributed by atoms with Crippen molar-refractivity contribution >= 4 is 0 Å². The fraction of sp³-hybridized carbons (Fsp3) is 0.500. The van der Waals surface area contributed by atoms with Crippen LogP contribution in [0.4, 0.5) is 0 Å². The van der Waals surface area contributed by atoms with E-state index in [1.54, 1.807) is 0 Å². The van der Waals surface area contributed by atoms with Crippen LogP contribution in [0.25, 0.3) is 11.5 Å². The molecule has 1 aliphatic rings. The van der Waals surface area contributed by atoms with Gasteiger partial charge in [-0.1, -0.05) is 31.3 Å². The maximum absolute atomic E-state index is 9.85. The molecule has 0 saturated heterocycles. The molecule has 1 aliphatic carbocycles. The molecule has 0 spiro atoms. The van der Waals surface area contributed by atoms with Crippen molar-refractivity contribution in [2.45, 2.75) is 44.9 Å². The van der Waals surface area contributed by atoms with E-state index in [0.717, 1.165) is 18.8 Å². The minimum absolute atomic E-state index is 0.0260. The highest BCUT2D eigenvalue weighted by molar-refractivity contribution is 5.64. The summed E-state index contributed by atoms with van der Waals surface area (Å²) in [7, 11) is 0. The largest absolute Gasteiger partial charge is 0.508 e. The Kier molecular flexibility index (Phi) is 3.82. The van der Waals surface area contributed by atoms with Crippen LogP contribution in [0.1, 0.15) is 50.8 Å². The number of nitrogens with zero attached hydrogens (tertiary/aromatic N) is 2. The SMILES string of the molecule is CCC1CCCC(c2noc(-c3cc(O)ccc3O)n2)C1. The molecule has 2 atom stereocenters. The standard InChI is InChI=1S/C16H20N2O3/c1-2-10-4-3-5-11(8-10)15-17-16(21-18-15)13-9-12(19)6-7-14(13)20/h6-7,9-11,19-20H,2-5,8H2,1H3. The molecule has 2 unspecified atom stereocenters. The summed E-state index contributed by atoms with van der Waals surface area (Å²) in [6.45, 7) is 2.22. The fourth-order valence-corrected chi connectivity index (χ4v) is 3.10. The summed E-state index contributed by atoms with van der Waals surface area (Å²) >= 11 is 0. The van der Waals surface area contributed by atoms with Gasteiger partial charge in [0.25, 0.3) is 5.89 Å². The van der Waals surface area contributed by atoms with Crippen molar-refractivity contribution in [2.75, 3.05) is 0 Å². The minimum Gasteiger partial charge on any atom is -0.508 e. The molecule has 2 N–H and O–H groups in total. The van der Waals surface area contributed by atoms with E-state index >= 15 is 0 Å². The first-order valence-corrected chi connectivity index (χ1v) is 7.53. The van der Waals surface area contributed by atoms with Crippen molar-refractivity contribution < 1.29 is 14.7 Å². The highest BCUT2D eigenvalue weighted by atomic mass is 16.5. The average molecular weight is 288 g/mol. The van der Waals surface area contributed by atoms with E-state index in [1.807, 2.05) is 0 Å². The Hall–Kier alpha value is -2.04. The zero-order chi connectivity index (χ0) is 14.8. The first-order chi connectivity index (χ1) is 10.2. The molecule has 0 bridgehead atoms. The van der Waals surface area contributed by atoms with Crippen molar-refractivity contribution in [1.82, 2.24) is 10.1 Å². The van der Waals surface area contributed by atoms with Crippen LogP contribution in [0.5, 0.6) is 11.5 Å². The van der Waals surface area contributed by atoms with Crippen molar-refractivity contribution in [2.24, 2.45) is 5.92 Å². The first-order valence-electron chi connectivity index (χ1n) is 7.53. The molecule has 1 aromatic carbocycles. The summed E-state index contributed by atoms with van der Waals surface area (Å²) in [6, 6.07) is 4.27. The van der Waals surface area contributed by atoms with Gasteiger partial charge >= 0.3 is 0 Å². The number of benzene rings is 1. The van der Waals surface area contributed by atoms with E-state index in [4.69, 9.17) is 4.52 Å². The average Bonchev–Trinajstić information content (AvgIpc) is 2.99. The van der Waals surface area contributed by atoms with Gasteiger partial charge in [0.2, 0.25) is 0 Å². The molecule has 5 nitrogen and oxygen atoms in total. The minimum atomic E-state index is 0.0260. The second-order valence-electron chi connectivity index (χ2n) is 5.80. The lowest BCUT2D eigenvalue weighted by Gasteiger charge is -2.26. The second-order valence-corrected chi connectivity index (χ2v) is 5.80. The molecule has 0 radical (unpaired) electrons. The van der Waals surface area contributed by atoms with Gasteiger partial charge < -0.3 is 14.7 Å². The predicted octanol–water partition coefficient (Wildman–Crippen LogP) is 3.83. The third-order valence-electron chi connectivity index (χ3n) is 4.38. The summed E-state index contributed by atoms with van der Waals surface area (Å²) in [5, 5.41) is 23.4. The summed E-state index contributed by atoms with van der Waals surface area (Å²) in [4.78, 5) is 4.43. The number of aromatic hydroxyl groups is 2. The third-order valence-corrected chi connectivity index (χ3v) is 4.38. The van der Waals surface area contributed by atoms with Gasteiger partial charge in [0.05, 0.1) is 5.56 Å². The summed E-state index contributed by atoms with van der Waals surface area (Å²) in [6.07, 6.45) is 5.85. The highest BCUT2D eigenvalue weighted by Gasteiger charge is 2.26. The van der Waals surface area contributed by atoms with Gasteiger partial charge in [0, 0.05) is 5.92 Å². The highest BCUT2D eigenvalue weighted by Crippen LogP contribution is 2.38. The van der Waals surface area contributed by atoms with Crippen LogP contribution < -0.4 is 0 Å². The number of rotatable bonds is 3. The van der Waals surface area contributed by atoms with E-state index in [1.165, 1.54) is 37.5 Å². The smallest absolute Gasteiger partial charge is 0.261 e. The van der Waals surface area contributed by atoms with Crippen LogP contribution in [0.2, 0.25) is 0 Å². The molecule has 112 valence electrons. The Morgan fingerprint density at radius 2 is 2.14 bits per heavy atom. The van der Waals surface area contributed by atoms with Crippen molar-refractivity contribution in [3.05, 3.63) is 24.0 Å². The van der Waals surface area contributed by atoms with Crippen LogP contribution >= 0.6 is 0 Å². The number of hydrogen-bond donors (Lipinski definition) is 2. The first kappa shape index (κ1) is 13.9. The van der Waals surface area contributed by atoms with Crippen LogP contribution in [-0.4, -0.2) is 20.4 Å². The van der Waals surface area contributed by atoms with Crippen LogP contribution in [0.3, 0.4) is 0 Å². The van der Waals surface area contributed by atoms with Gasteiger partial charge in [-0.05, 0) is 37.0 Å². The van der Waals surface area contributed by atoms with Crippen LogP contribution in [0.15, 0.2) is 22.7 Å². The van der Waals surface area contributed by atoms with Crippen molar-refractivity contribution in [3.63, 3.8) is 0 Å². The van der Waals surface area contributed by atoms with Gasteiger partial charge in [0.1, 0.15) is 11.5 Å². The predicted molar refractivity (Wildman–Crippen MR) is 78.1 cm³/mol. The summed E-state index contributed by atoms with van der Waals surface area (Å²) in [5.41, 5.74) is 0.372. The topological polar surface area (TPSA) is 79.4 Å². The zero-order valence-electron chi connectivity index (χ0n) is 12.1. The molecule has 1 saturated carbocycles. The molecule has 2 aromatic rings. The molecule has 1 fully saturated rings. The molecule has 0 amide bonds. The van der Waals surface area contributed by atoms with Gasteiger partial charge in [-0.25, -0.2) is 0 Å². The van der Waals surface area contributed by atoms with Gasteiger partial charge in [-0.15, -0.1) is 0 Å². The maximum atomic E-state index is 9.85. The molecule has 1 heterocycles. The molecule has 3 rings (SSSR count). The van der Waals surface area contributed by atoms with E-state index in [2.05, 4.69) is 17.1 Å². The molecule has 5 heteroatoms. The maximum Gasteiger partial charge on any atom is 0.261 e. The Morgan fingerprint density at radius 1 is 1.29 bits per heavy atom. The lowest BCUT2D eigenvalue weighted by atomic mass is 9.80. The molecular weight excluding hydrogens is 268 g/mol. The van der Waals surface area contributed by atoms with E-state index in [-0.39, 0.29) is 17.4 Å². The summed E-state index contributed by atoms with van der Waals surface area (Å²) < 4.78 is 5.28. The molecule has 21 heavy (non-hydrogen) atoms. The van der Waals surface area contributed by atoms with E-state index in [0.29, 0.717) is 17.3 Å². The molecule has 1 aromatic heterocycles. The van der Waals surface area contributed by atoms with Gasteiger partial charge in [0.15, 0.2) is 5.82 Å². The lowest BCUT2D eigenvalue weighted by Crippen LogP contribution is -2.14. The Balaban J connectivity index is 1.84. The van der Waals surface area contributed by atoms with Crippen LogP contribution in [-0.2, 0) is 0 Å². The van der Waals surface area contributed by atoms with Crippen molar-refractivity contribution in [1.29, 1.82) is 0 Å². The number of aromatic nitrogens is 2. The van der Waals surface area contributed by atoms with Crippen molar-refractivity contribution in [3.8, 4) is 23.0 Å². The summed E-state index contributed by atoms with van der Waals surface area (Å²) in [5.74, 6) is 2.13. The normalized spacial score (nSPS) is 22.3. The van der Waals surface area contributed by atoms with E-state index < -0.39 is 0 Å². The van der Waals surface area contributed by atoms with Gasteiger partial charge in [-0.3, -0.25) is 0 Å². The monoisotopic (exact) mass is 288 g/mol. The van der Waals surface area contributed by atoms with E-state index in [9.17, 15) is 10.2 Å². The Bertz CT molecular complexity index is 624. The molecular formula is C16H20N2O3.